The molecular formula is C21H26FN3O3S. The largest absolute Gasteiger partial charge is 0.271 e. The third-order valence-corrected chi connectivity index (χ3v) is 6.23. The Balaban J connectivity index is 2.40. The molecular weight excluding hydrogens is 393 g/mol. The number of hydrogen-bond acceptors (Lipinski definition) is 4. The van der Waals surface area contributed by atoms with Gasteiger partial charge in [0.2, 0.25) is 0 Å². The minimum Gasteiger partial charge on any atom is -0.271 e. The molecule has 1 amide bonds. The lowest BCUT2D eigenvalue weighted by Crippen LogP contribution is -2.40. The van der Waals surface area contributed by atoms with Crippen molar-refractivity contribution < 1.29 is 17.6 Å². The molecule has 0 heterocycles. The number of rotatable bonds is 6. The van der Waals surface area contributed by atoms with Gasteiger partial charge in [0.15, 0.2) is 0 Å². The van der Waals surface area contributed by atoms with Gasteiger partial charge in [-0.05, 0) is 38.1 Å². The number of anilines is 1. The van der Waals surface area contributed by atoms with E-state index in [1.54, 1.807) is 19.1 Å². The Labute approximate surface area is 171 Å². The van der Waals surface area contributed by atoms with Crippen molar-refractivity contribution in [2.45, 2.75) is 39.5 Å². The van der Waals surface area contributed by atoms with Gasteiger partial charge in [0.25, 0.3) is 15.9 Å². The number of para-hydroxylation sites is 1. The number of halogens is 1. The smallest absolute Gasteiger partial charge is 0.264 e. The van der Waals surface area contributed by atoms with Crippen molar-refractivity contribution in [2.75, 3.05) is 10.8 Å². The van der Waals surface area contributed by atoms with E-state index in [4.69, 9.17) is 0 Å². The zero-order valence-corrected chi connectivity index (χ0v) is 18.0. The van der Waals surface area contributed by atoms with Crippen LogP contribution < -0.4 is 9.73 Å². The highest BCUT2D eigenvalue weighted by molar-refractivity contribution is 7.92. The molecule has 0 aliphatic rings. The molecule has 0 aliphatic heterocycles. The molecule has 8 heteroatoms. The summed E-state index contributed by atoms with van der Waals surface area (Å²) in [4.78, 5) is 12.4. The van der Waals surface area contributed by atoms with Gasteiger partial charge in [-0.15, -0.1) is 0 Å². The number of sulfonamides is 1. The maximum absolute atomic E-state index is 14.4. The van der Waals surface area contributed by atoms with Gasteiger partial charge in [-0.1, -0.05) is 50.6 Å². The maximum atomic E-state index is 14.4. The minimum absolute atomic E-state index is 0.0338. The van der Waals surface area contributed by atoms with E-state index >= 15 is 0 Å². The van der Waals surface area contributed by atoms with Gasteiger partial charge in [0, 0.05) is 11.1 Å². The third kappa shape index (κ3) is 5.63. The van der Waals surface area contributed by atoms with Crippen LogP contribution in [0.25, 0.3) is 0 Å². The van der Waals surface area contributed by atoms with Crippen LogP contribution in [0.2, 0.25) is 0 Å². The number of aryl methyl sites for hydroxylation is 1. The second-order valence-electron chi connectivity index (χ2n) is 7.76. The summed E-state index contributed by atoms with van der Waals surface area (Å²) >= 11 is 0. The number of carbonyl (C=O) groups is 1. The van der Waals surface area contributed by atoms with E-state index in [9.17, 15) is 17.6 Å². The molecule has 0 saturated carbocycles. The number of nitrogens with one attached hydrogen (secondary N) is 1. The topological polar surface area (TPSA) is 78.8 Å². The second kappa shape index (κ2) is 8.73. The predicted octanol–water partition coefficient (Wildman–Crippen LogP) is 3.87. The Morgan fingerprint density at radius 1 is 1.10 bits per heavy atom. The Morgan fingerprint density at radius 2 is 1.69 bits per heavy atom. The quantitative estimate of drug-likeness (QED) is 0.570. The Bertz CT molecular complexity index is 1010. The molecule has 29 heavy (non-hydrogen) atoms. The first-order valence-electron chi connectivity index (χ1n) is 9.10. The summed E-state index contributed by atoms with van der Waals surface area (Å²) in [6, 6.07) is 11.6. The number of hydrazone groups is 1. The standard InChI is InChI=1S/C21H26FN3O3S/c1-15-10-12-17(13-11-15)29(27,28)25(19-9-7-6-8-18(19)22)14-20(26)24-23-16(2)21(3,4)5/h6-13H,14H2,1-5H3,(H,24,26). The highest BCUT2D eigenvalue weighted by atomic mass is 32.2. The second-order valence-corrected chi connectivity index (χ2v) is 9.62. The molecule has 0 unspecified atom stereocenters. The first-order valence-corrected chi connectivity index (χ1v) is 10.5. The van der Waals surface area contributed by atoms with Crippen LogP contribution >= 0.6 is 0 Å². The van der Waals surface area contributed by atoms with E-state index in [-0.39, 0.29) is 16.0 Å². The normalized spacial score (nSPS) is 12.6. The molecule has 0 aromatic heterocycles. The lowest BCUT2D eigenvalue weighted by atomic mass is 9.91. The van der Waals surface area contributed by atoms with Crippen molar-refractivity contribution in [1.29, 1.82) is 0 Å². The van der Waals surface area contributed by atoms with Gasteiger partial charge in [-0.2, -0.15) is 5.10 Å². The van der Waals surface area contributed by atoms with Gasteiger partial charge < -0.3 is 0 Å². The van der Waals surface area contributed by atoms with Gasteiger partial charge in [-0.3, -0.25) is 9.10 Å². The molecule has 0 bridgehead atoms. The van der Waals surface area contributed by atoms with E-state index in [0.29, 0.717) is 5.71 Å². The average molecular weight is 420 g/mol. The minimum atomic E-state index is -4.17. The summed E-state index contributed by atoms with van der Waals surface area (Å²) in [5, 5.41) is 4.03. The van der Waals surface area contributed by atoms with Gasteiger partial charge in [-0.25, -0.2) is 18.2 Å². The Kier molecular flexibility index (Phi) is 6.79. The van der Waals surface area contributed by atoms with Gasteiger partial charge in [0.1, 0.15) is 12.4 Å². The highest BCUT2D eigenvalue weighted by Crippen LogP contribution is 2.26. The van der Waals surface area contributed by atoms with Crippen LogP contribution in [-0.2, 0) is 14.8 Å². The fourth-order valence-electron chi connectivity index (χ4n) is 2.27. The number of hydrogen-bond donors (Lipinski definition) is 1. The van der Waals surface area contributed by atoms with Crippen LogP contribution in [0.1, 0.15) is 33.3 Å². The average Bonchev–Trinajstić information content (AvgIpc) is 2.64. The van der Waals surface area contributed by atoms with Crippen molar-refractivity contribution >= 4 is 27.3 Å². The summed E-state index contributed by atoms with van der Waals surface area (Å²) in [5.74, 6) is -1.42. The summed E-state index contributed by atoms with van der Waals surface area (Å²) < 4.78 is 41.5. The van der Waals surface area contributed by atoms with Crippen LogP contribution in [0.3, 0.4) is 0 Å². The van der Waals surface area contributed by atoms with Crippen molar-refractivity contribution in [1.82, 2.24) is 5.43 Å². The first-order chi connectivity index (χ1) is 13.4. The molecule has 0 aliphatic carbocycles. The molecule has 0 radical (unpaired) electrons. The van der Waals surface area contributed by atoms with Crippen LogP contribution in [0.5, 0.6) is 0 Å². The van der Waals surface area contributed by atoms with Crippen LogP contribution in [-0.4, -0.2) is 26.6 Å². The van der Waals surface area contributed by atoms with Crippen LogP contribution in [0.4, 0.5) is 10.1 Å². The van der Waals surface area contributed by atoms with Crippen LogP contribution in [0, 0.1) is 18.2 Å². The number of nitrogens with zero attached hydrogens (tertiary/aromatic N) is 2. The summed E-state index contributed by atoms with van der Waals surface area (Å²) in [6.07, 6.45) is 0. The zero-order chi connectivity index (χ0) is 21.8. The maximum Gasteiger partial charge on any atom is 0.264 e. The van der Waals surface area contributed by atoms with E-state index in [1.807, 2.05) is 27.7 Å². The monoisotopic (exact) mass is 419 g/mol. The van der Waals surface area contributed by atoms with E-state index in [1.165, 1.54) is 30.3 Å². The molecule has 0 fully saturated rings. The lowest BCUT2D eigenvalue weighted by Gasteiger charge is -2.24. The van der Waals surface area contributed by atoms with Crippen molar-refractivity contribution in [2.24, 2.45) is 10.5 Å². The van der Waals surface area contributed by atoms with Crippen molar-refractivity contribution in [3.8, 4) is 0 Å². The SMILES string of the molecule is CC(=NNC(=O)CN(c1ccccc1F)S(=O)(=O)c1ccc(C)cc1)C(C)(C)C. The fourth-order valence-corrected chi connectivity index (χ4v) is 3.70. The van der Waals surface area contributed by atoms with Crippen molar-refractivity contribution in [3.63, 3.8) is 0 Å². The molecule has 6 nitrogen and oxygen atoms in total. The molecule has 1 N–H and O–H groups in total. The summed E-state index contributed by atoms with van der Waals surface area (Å²) in [5.41, 5.74) is 3.45. The molecule has 2 aromatic carbocycles. The molecule has 2 aromatic rings. The van der Waals surface area contributed by atoms with E-state index < -0.39 is 28.3 Å². The zero-order valence-electron chi connectivity index (χ0n) is 17.2. The molecule has 0 atom stereocenters. The summed E-state index contributed by atoms with van der Waals surface area (Å²) in [6.45, 7) is 8.78. The predicted molar refractivity (Wildman–Crippen MR) is 113 cm³/mol. The molecule has 0 spiro atoms. The highest BCUT2D eigenvalue weighted by Gasteiger charge is 2.29. The number of carbonyl (C=O) groups excluding carboxylic acids is 1. The molecule has 2 rings (SSSR count). The fraction of sp³-hybridized carbons (Fsp3) is 0.333. The Hall–Kier alpha value is -2.74. The lowest BCUT2D eigenvalue weighted by molar-refractivity contribution is -0.119. The van der Waals surface area contributed by atoms with Crippen molar-refractivity contribution in [3.05, 3.63) is 59.9 Å². The third-order valence-electron chi connectivity index (χ3n) is 4.45. The van der Waals surface area contributed by atoms with E-state index in [2.05, 4.69) is 10.5 Å². The number of benzene rings is 2. The van der Waals surface area contributed by atoms with Gasteiger partial charge >= 0.3 is 0 Å². The van der Waals surface area contributed by atoms with Gasteiger partial charge in [0.05, 0.1) is 10.6 Å². The first kappa shape index (κ1) is 22.5. The molecule has 156 valence electrons. The van der Waals surface area contributed by atoms with Crippen LogP contribution in [0.15, 0.2) is 58.5 Å². The van der Waals surface area contributed by atoms with E-state index in [0.717, 1.165) is 15.9 Å². The Morgan fingerprint density at radius 3 is 2.24 bits per heavy atom. The number of amides is 1. The summed E-state index contributed by atoms with van der Waals surface area (Å²) in [7, 11) is -4.17. The molecule has 0 saturated heterocycles.